The number of H-pyrrole nitrogens is 1. The number of esters is 1. The molecule has 0 aliphatic heterocycles. The number of alkyl halides is 3. The molecule has 0 bridgehead atoms. The zero-order valence-electron chi connectivity index (χ0n) is 11.8. The molecule has 0 saturated carbocycles. The highest BCUT2D eigenvalue weighted by Crippen LogP contribution is 2.33. The number of aromatic nitrogens is 3. The lowest BCUT2D eigenvalue weighted by Crippen LogP contribution is -2.07. The van der Waals surface area contributed by atoms with E-state index in [1.807, 2.05) is 0 Å². The second-order valence-corrected chi connectivity index (χ2v) is 5.86. The molecule has 0 saturated heterocycles. The first-order valence-electron chi connectivity index (χ1n) is 6.48. The van der Waals surface area contributed by atoms with E-state index in [2.05, 4.69) is 15.0 Å². The van der Waals surface area contributed by atoms with Gasteiger partial charge in [-0.1, -0.05) is 0 Å². The number of rotatable bonds is 3. The van der Waals surface area contributed by atoms with Gasteiger partial charge in [0.1, 0.15) is 11.6 Å². The average Bonchev–Trinajstić information content (AvgIpc) is 3.08. The smallest absolute Gasteiger partial charge is 0.416 e. The van der Waals surface area contributed by atoms with Crippen molar-refractivity contribution in [1.29, 1.82) is 0 Å². The van der Waals surface area contributed by atoms with E-state index in [1.165, 1.54) is 23.7 Å². The van der Waals surface area contributed by atoms with Gasteiger partial charge in [-0.15, -0.1) is 11.3 Å². The summed E-state index contributed by atoms with van der Waals surface area (Å²) >= 11 is 1.18. The zero-order chi connectivity index (χ0) is 16.6. The molecular formula is C14H10F3N3O2S. The number of aryl methyl sites for hydroxylation is 1. The molecule has 0 aliphatic carbocycles. The van der Waals surface area contributed by atoms with Gasteiger partial charge >= 0.3 is 12.1 Å². The molecule has 0 fully saturated rings. The Morgan fingerprint density at radius 2 is 2.17 bits per heavy atom. The molecule has 9 heteroatoms. The highest BCUT2D eigenvalue weighted by atomic mass is 32.1. The number of aromatic amines is 1. The predicted octanol–water partition coefficient (Wildman–Crippen LogP) is 3.70. The molecule has 0 aliphatic rings. The largest absolute Gasteiger partial charge is 0.454 e. The van der Waals surface area contributed by atoms with Crippen molar-refractivity contribution in [1.82, 2.24) is 15.0 Å². The summed E-state index contributed by atoms with van der Waals surface area (Å²) in [6.07, 6.45) is -3.04. The lowest BCUT2D eigenvalue weighted by molar-refractivity contribution is -0.137. The lowest BCUT2D eigenvalue weighted by Gasteiger charge is -2.04. The molecule has 2 aromatic heterocycles. The molecule has 1 aromatic carbocycles. The molecule has 120 valence electrons. The maximum atomic E-state index is 12.7. The summed E-state index contributed by atoms with van der Waals surface area (Å²) in [6, 6.07) is 3.34. The van der Waals surface area contributed by atoms with Gasteiger partial charge in [-0.05, 0) is 25.1 Å². The Balaban J connectivity index is 1.76. The van der Waals surface area contributed by atoms with E-state index in [9.17, 15) is 18.0 Å². The summed E-state index contributed by atoms with van der Waals surface area (Å²) in [5, 5.41) is 0.417. The van der Waals surface area contributed by atoms with Crippen LogP contribution in [0.15, 0.2) is 24.5 Å². The Morgan fingerprint density at radius 3 is 2.83 bits per heavy atom. The fraction of sp³-hybridized carbons (Fsp3) is 0.214. The molecule has 0 unspecified atom stereocenters. The van der Waals surface area contributed by atoms with E-state index < -0.39 is 17.7 Å². The first kappa shape index (κ1) is 15.5. The third kappa shape index (κ3) is 3.19. The number of nitrogens with one attached hydrogen (secondary N) is 1. The van der Waals surface area contributed by atoms with Gasteiger partial charge in [0.2, 0.25) is 0 Å². The maximum absolute atomic E-state index is 12.7. The minimum atomic E-state index is -4.41. The number of imidazole rings is 1. The van der Waals surface area contributed by atoms with Crippen molar-refractivity contribution in [2.75, 3.05) is 0 Å². The van der Waals surface area contributed by atoms with Crippen molar-refractivity contribution >= 4 is 27.5 Å². The SMILES string of the molecule is Cc1[nH]cnc1C(=O)OCc1nc2cc(C(F)(F)F)ccc2s1. The standard InChI is InChI=1S/C14H10F3N3O2S/c1-7-12(19-6-18-7)13(21)22-5-11-20-9-4-8(14(15,16)17)2-3-10(9)23-11/h2-4,6H,5H2,1H3,(H,18,19). The zero-order valence-corrected chi connectivity index (χ0v) is 12.6. The van der Waals surface area contributed by atoms with Crippen LogP contribution in [0.3, 0.4) is 0 Å². The maximum Gasteiger partial charge on any atom is 0.416 e. The Bertz CT molecular complexity index is 870. The van der Waals surface area contributed by atoms with Gasteiger partial charge in [-0.3, -0.25) is 0 Å². The van der Waals surface area contributed by atoms with Crippen LogP contribution in [0.5, 0.6) is 0 Å². The fourth-order valence-electron chi connectivity index (χ4n) is 1.97. The van der Waals surface area contributed by atoms with Crippen LogP contribution in [-0.4, -0.2) is 20.9 Å². The topological polar surface area (TPSA) is 67.9 Å². The number of halogens is 3. The minimum Gasteiger partial charge on any atom is -0.454 e. The molecule has 23 heavy (non-hydrogen) atoms. The summed E-state index contributed by atoms with van der Waals surface area (Å²) in [7, 11) is 0. The van der Waals surface area contributed by atoms with Gasteiger partial charge in [-0.25, -0.2) is 14.8 Å². The van der Waals surface area contributed by atoms with Crippen molar-refractivity contribution in [2.24, 2.45) is 0 Å². The molecule has 1 N–H and O–H groups in total. The average molecular weight is 341 g/mol. The molecular weight excluding hydrogens is 331 g/mol. The molecule has 0 spiro atoms. The lowest BCUT2D eigenvalue weighted by atomic mass is 10.2. The minimum absolute atomic E-state index is 0.119. The molecule has 3 rings (SSSR count). The van der Waals surface area contributed by atoms with Crippen LogP contribution in [0.4, 0.5) is 13.2 Å². The Morgan fingerprint density at radius 1 is 1.39 bits per heavy atom. The van der Waals surface area contributed by atoms with Crippen LogP contribution < -0.4 is 0 Å². The Labute approximate surface area is 132 Å². The predicted molar refractivity (Wildman–Crippen MR) is 77.1 cm³/mol. The third-order valence-electron chi connectivity index (χ3n) is 3.11. The number of carbonyl (C=O) groups is 1. The van der Waals surface area contributed by atoms with Crippen molar-refractivity contribution in [3.63, 3.8) is 0 Å². The number of carbonyl (C=O) groups excluding carboxylic acids is 1. The van der Waals surface area contributed by atoms with E-state index in [1.54, 1.807) is 6.92 Å². The number of hydrogen-bond donors (Lipinski definition) is 1. The first-order valence-corrected chi connectivity index (χ1v) is 7.30. The van der Waals surface area contributed by atoms with E-state index in [4.69, 9.17) is 4.74 Å². The quantitative estimate of drug-likeness (QED) is 0.738. The number of fused-ring (bicyclic) bond motifs is 1. The molecule has 0 radical (unpaired) electrons. The second-order valence-electron chi connectivity index (χ2n) is 4.74. The summed E-state index contributed by atoms with van der Waals surface area (Å²) in [5.74, 6) is -0.612. The van der Waals surface area contributed by atoms with Crippen LogP contribution in [-0.2, 0) is 17.5 Å². The molecule has 0 amide bonds. The van der Waals surface area contributed by atoms with Gasteiger partial charge in [0.15, 0.2) is 5.69 Å². The number of benzene rings is 1. The molecule has 5 nitrogen and oxygen atoms in total. The highest BCUT2D eigenvalue weighted by molar-refractivity contribution is 7.18. The second kappa shape index (κ2) is 5.65. The fourth-order valence-corrected chi connectivity index (χ4v) is 2.83. The van der Waals surface area contributed by atoms with Gasteiger partial charge in [0.25, 0.3) is 0 Å². The first-order chi connectivity index (χ1) is 10.8. The van der Waals surface area contributed by atoms with Gasteiger partial charge in [0.05, 0.1) is 22.1 Å². The molecule has 0 atom stereocenters. The van der Waals surface area contributed by atoms with E-state index in [0.29, 0.717) is 15.4 Å². The summed E-state index contributed by atoms with van der Waals surface area (Å²) in [4.78, 5) is 22.5. The highest BCUT2D eigenvalue weighted by Gasteiger charge is 2.30. The molecule has 3 aromatic rings. The van der Waals surface area contributed by atoms with E-state index >= 15 is 0 Å². The van der Waals surface area contributed by atoms with Gasteiger partial charge in [0, 0.05) is 5.69 Å². The number of nitrogens with zero attached hydrogens (tertiary/aromatic N) is 2. The van der Waals surface area contributed by atoms with Crippen molar-refractivity contribution in [3.05, 3.63) is 46.5 Å². The van der Waals surface area contributed by atoms with Crippen LogP contribution in [0.1, 0.15) is 26.8 Å². The van der Waals surface area contributed by atoms with E-state index in [-0.39, 0.29) is 17.8 Å². The normalized spacial score (nSPS) is 11.8. The van der Waals surface area contributed by atoms with Crippen molar-refractivity contribution in [2.45, 2.75) is 19.7 Å². The van der Waals surface area contributed by atoms with Crippen LogP contribution in [0.25, 0.3) is 10.2 Å². The number of hydrogen-bond acceptors (Lipinski definition) is 5. The van der Waals surface area contributed by atoms with Crippen LogP contribution in [0, 0.1) is 6.92 Å². The van der Waals surface area contributed by atoms with Crippen molar-refractivity contribution < 1.29 is 22.7 Å². The van der Waals surface area contributed by atoms with Gasteiger partial charge in [-0.2, -0.15) is 13.2 Å². The Hall–Kier alpha value is -2.42. The summed E-state index contributed by atoms with van der Waals surface area (Å²) in [6.45, 7) is 1.56. The van der Waals surface area contributed by atoms with Crippen LogP contribution >= 0.6 is 11.3 Å². The van der Waals surface area contributed by atoms with Crippen LogP contribution in [0.2, 0.25) is 0 Å². The third-order valence-corrected chi connectivity index (χ3v) is 4.12. The van der Waals surface area contributed by atoms with Gasteiger partial charge < -0.3 is 9.72 Å². The van der Waals surface area contributed by atoms with Crippen molar-refractivity contribution in [3.8, 4) is 0 Å². The van der Waals surface area contributed by atoms with E-state index in [0.717, 1.165) is 12.1 Å². The summed E-state index contributed by atoms with van der Waals surface area (Å²) in [5.41, 5.74) is 0.220. The Kier molecular flexibility index (Phi) is 3.80. The number of thiazole rings is 1. The molecule has 2 heterocycles. The number of ether oxygens (including phenoxy) is 1. The summed E-state index contributed by atoms with van der Waals surface area (Å²) < 4.78 is 43.7. The monoisotopic (exact) mass is 341 g/mol.